The highest BCUT2D eigenvalue weighted by Gasteiger charge is 2.48. The van der Waals surface area contributed by atoms with Gasteiger partial charge in [-0.2, -0.15) is 13.2 Å². The molecule has 0 aromatic carbocycles. The molecule has 7 heteroatoms. The summed E-state index contributed by atoms with van der Waals surface area (Å²) in [7, 11) is 0. The van der Waals surface area contributed by atoms with Crippen LogP contribution in [0, 0.1) is 0 Å². The molecule has 0 heterocycles. The maximum Gasteiger partial charge on any atom is 0.409 e. The van der Waals surface area contributed by atoms with Crippen molar-refractivity contribution in [3.05, 3.63) is 0 Å². The van der Waals surface area contributed by atoms with Crippen LogP contribution in [0.5, 0.6) is 0 Å². The standard InChI is InChI=1S/C9H16F3NO3/c1-8(2,3)13(7(15)16)6(4-5-14)9(10,11)12/h6,14H,4-5H2,1-3H3,(H,15,16). The average molecular weight is 243 g/mol. The first-order chi connectivity index (χ1) is 7.01. The van der Waals surface area contributed by atoms with Crippen molar-refractivity contribution in [2.45, 2.75) is 44.9 Å². The van der Waals surface area contributed by atoms with E-state index >= 15 is 0 Å². The smallest absolute Gasteiger partial charge is 0.409 e. The van der Waals surface area contributed by atoms with Gasteiger partial charge in [0.15, 0.2) is 0 Å². The van der Waals surface area contributed by atoms with Gasteiger partial charge in [-0.15, -0.1) is 0 Å². The number of rotatable bonds is 3. The first-order valence-corrected chi connectivity index (χ1v) is 4.71. The number of alkyl halides is 3. The van der Waals surface area contributed by atoms with Gasteiger partial charge in [-0.1, -0.05) is 0 Å². The van der Waals surface area contributed by atoms with Crippen molar-refractivity contribution < 1.29 is 28.2 Å². The van der Waals surface area contributed by atoms with Gasteiger partial charge in [0.2, 0.25) is 0 Å². The molecular formula is C9H16F3NO3. The SMILES string of the molecule is CC(C)(C)N(C(=O)O)C(CCO)C(F)(F)F. The topological polar surface area (TPSA) is 60.8 Å². The maximum atomic E-state index is 12.6. The van der Waals surface area contributed by atoms with Crippen molar-refractivity contribution in [1.82, 2.24) is 4.90 Å². The van der Waals surface area contributed by atoms with Crippen LogP contribution in [0.25, 0.3) is 0 Å². The molecular weight excluding hydrogens is 227 g/mol. The molecule has 1 amide bonds. The third-order valence-electron chi connectivity index (χ3n) is 2.02. The lowest BCUT2D eigenvalue weighted by molar-refractivity contribution is -0.191. The zero-order valence-electron chi connectivity index (χ0n) is 9.38. The van der Waals surface area contributed by atoms with Crippen molar-refractivity contribution in [2.24, 2.45) is 0 Å². The lowest BCUT2D eigenvalue weighted by Crippen LogP contribution is -2.56. The Morgan fingerprint density at radius 1 is 1.31 bits per heavy atom. The van der Waals surface area contributed by atoms with E-state index in [2.05, 4.69) is 0 Å². The zero-order chi connectivity index (χ0) is 13.1. The summed E-state index contributed by atoms with van der Waals surface area (Å²) in [6, 6.07) is -2.19. The van der Waals surface area contributed by atoms with Gasteiger partial charge in [0.1, 0.15) is 6.04 Å². The minimum absolute atomic E-state index is 0.323. The van der Waals surface area contributed by atoms with E-state index < -0.39 is 36.9 Å². The van der Waals surface area contributed by atoms with Crippen LogP contribution in [0.1, 0.15) is 27.2 Å². The quantitative estimate of drug-likeness (QED) is 0.797. The monoisotopic (exact) mass is 243 g/mol. The molecule has 0 spiro atoms. The molecule has 1 atom stereocenters. The van der Waals surface area contributed by atoms with Crippen LogP contribution in [-0.4, -0.2) is 45.6 Å². The normalized spacial score (nSPS) is 14.7. The minimum Gasteiger partial charge on any atom is -0.465 e. The van der Waals surface area contributed by atoms with E-state index in [1.807, 2.05) is 0 Å². The summed E-state index contributed by atoms with van der Waals surface area (Å²) in [5.41, 5.74) is -1.18. The second-order valence-corrected chi connectivity index (χ2v) is 4.39. The van der Waals surface area contributed by atoms with Crippen molar-refractivity contribution in [3.8, 4) is 0 Å². The number of carboxylic acid groups (broad SMARTS) is 1. The highest BCUT2D eigenvalue weighted by molar-refractivity contribution is 5.66. The number of halogens is 3. The molecule has 4 nitrogen and oxygen atoms in total. The number of nitrogens with zero attached hydrogens (tertiary/aromatic N) is 1. The lowest BCUT2D eigenvalue weighted by Gasteiger charge is -2.40. The fraction of sp³-hybridized carbons (Fsp3) is 0.889. The van der Waals surface area contributed by atoms with Crippen LogP contribution in [0.4, 0.5) is 18.0 Å². The van der Waals surface area contributed by atoms with Crippen LogP contribution in [0.2, 0.25) is 0 Å². The lowest BCUT2D eigenvalue weighted by atomic mass is 10.0. The predicted octanol–water partition coefficient (Wildman–Crippen LogP) is 2.08. The molecule has 0 fully saturated rings. The number of aliphatic hydroxyl groups excluding tert-OH is 1. The molecule has 0 rings (SSSR count). The Hall–Kier alpha value is -0.980. The van der Waals surface area contributed by atoms with Gasteiger partial charge < -0.3 is 10.2 Å². The summed E-state index contributed by atoms with van der Waals surface area (Å²) in [5, 5.41) is 17.4. The van der Waals surface area contributed by atoms with Crippen molar-refractivity contribution >= 4 is 6.09 Å². The molecule has 1 unspecified atom stereocenters. The summed E-state index contributed by atoms with van der Waals surface area (Å²) in [6.45, 7) is 3.40. The summed E-state index contributed by atoms with van der Waals surface area (Å²) in [4.78, 5) is 11.2. The number of carbonyl (C=O) groups is 1. The van der Waals surface area contributed by atoms with E-state index in [0.717, 1.165) is 0 Å². The molecule has 96 valence electrons. The van der Waals surface area contributed by atoms with Crippen LogP contribution in [0.3, 0.4) is 0 Å². The summed E-state index contributed by atoms with van der Waals surface area (Å²) < 4.78 is 37.9. The van der Waals surface area contributed by atoms with E-state index in [4.69, 9.17) is 10.2 Å². The molecule has 0 radical (unpaired) electrons. The molecule has 0 aromatic rings. The number of aliphatic hydroxyl groups is 1. The molecule has 16 heavy (non-hydrogen) atoms. The Morgan fingerprint density at radius 2 is 1.75 bits per heavy atom. The van der Waals surface area contributed by atoms with Gasteiger partial charge in [-0.05, 0) is 27.2 Å². The van der Waals surface area contributed by atoms with E-state index in [-0.39, 0.29) is 0 Å². The van der Waals surface area contributed by atoms with Gasteiger partial charge in [-0.3, -0.25) is 4.90 Å². The fourth-order valence-corrected chi connectivity index (χ4v) is 1.45. The molecule has 0 saturated heterocycles. The van der Waals surface area contributed by atoms with Gasteiger partial charge >= 0.3 is 12.3 Å². The number of hydrogen-bond donors (Lipinski definition) is 2. The zero-order valence-corrected chi connectivity index (χ0v) is 9.38. The Kier molecular flexibility index (Phi) is 4.60. The first-order valence-electron chi connectivity index (χ1n) is 4.71. The summed E-state index contributed by atoms with van der Waals surface area (Å²) in [6.07, 6.45) is -7.00. The Balaban J connectivity index is 5.20. The van der Waals surface area contributed by atoms with Crippen molar-refractivity contribution in [3.63, 3.8) is 0 Å². The Labute approximate surface area is 91.7 Å². The molecule has 0 saturated carbocycles. The van der Waals surface area contributed by atoms with E-state index in [1.54, 1.807) is 0 Å². The molecule has 0 aliphatic heterocycles. The largest absolute Gasteiger partial charge is 0.465 e. The highest BCUT2D eigenvalue weighted by atomic mass is 19.4. The molecule has 0 aromatic heterocycles. The Morgan fingerprint density at radius 3 is 1.94 bits per heavy atom. The van der Waals surface area contributed by atoms with Gasteiger partial charge in [0, 0.05) is 12.1 Å². The second-order valence-electron chi connectivity index (χ2n) is 4.39. The van der Waals surface area contributed by atoms with Crippen LogP contribution < -0.4 is 0 Å². The third-order valence-corrected chi connectivity index (χ3v) is 2.02. The van der Waals surface area contributed by atoms with E-state index in [0.29, 0.717) is 4.90 Å². The summed E-state index contributed by atoms with van der Waals surface area (Å²) >= 11 is 0. The molecule has 0 aliphatic carbocycles. The first kappa shape index (κ1) is 15.0. The van der Waals surface area contributed by atoms with Crippen molar-refractivity contribution in [1.29, 1.82) is 0 Å². The van der Waals surface area contributed by atoms with Crippen molar-refractivity contribution in [2.75, 3.05) is 6.61 Å². The van der Waals surface area contributed by atoms with Crippen LogP contribution >= 0.6 is 0 Å². The number of hydrogen-bond acceptors (Lipinski definition) is 2. The fourth-order valence-electron chi connectivity index (χ4n) is 1.45. The second kappa shape index (κ2) is 4.90. The third kappa shape index (κ3) is 3.88. The molecule has 0 bridgehead atoms. The number of amides is 1. The van der Waals surface area contributed by atoms with Gasteiger partial charge in [0.05, 0.1) is 0 Å². The Bertz CT molecular complexity index is 247. The molecule has 2 N–H and O–H groups in total. The van der Waals surface area contributed by atoms with Gasteiger partial charge in [-0.25, -0.2) is 4.79 Å². The van der Waals surface area contributed by atoms with E-state index in [9.17, 15) is 18.0 Å². The maximum absolute atomic E-state index is 12.6. The molecule has 0 aliphatic rings. The average Bonchev–Trinajstić information content (AvgIpc) is 1.98. The highest BCUT2D eigenvalue weighted by Crippen LogP contribution is 2.31. The minimum atomic E-state index is -4.69. The predicted molar refractivity (Wildman–Crippen MR) is 51.2 cm³/mol. The van der Waals surface area contributed by atoms with Crippen LogP contribution in [0.15, 0.2) is 0 Å². The van der Waals surface area contributed by atoms with E-state index in [1.165, 1.54) is 20.8 Å². The van der Waals surface area contributed by atoms with Gasteiger partial charge in [0.25, 0.3) is 0 Å². The van der Waals surface area contributed by atoms with Crippen LogP contribution in [-0.2, 0) is 0 Å². The summed E-state index contributed by atoms with van der Waals surface area (Å²) in [5.74, 6) is 0.